The summed E-state index contributed by atoms with van der Waals surface area (Å²) in [5, 5.41) is 2.66. The van der Waals surface area contributed by atoms with Gasteiger partial charge in [0.2, 0.25) is 10.0 Å². The second kappa shape index (κ2) is 5.22. The van der Waals surface area contributed by atoms with Crippen LogP contribution in [0.25, 0.3) is 0 Å². The number of rotatable bonds is 6. The molecule has 2 rings (SSSR count). The molecule has 5 nitrogen and oxygen atoms in total. The number of ether oxygens (including phenoxy) is 1. The van der Waals surface area contributed by atoms with Crippen LogP contribution in [0.15, 0.2) is 0 Å². The molecule has 0 aromatic carbocycles. The van der Waals surface area contributed by atoms with Crippen LogP contribution >= 0.6 is 0 Å². The van der Waals surface area contributed by atoms with Crippen LogP contribution in [0.1, 0.15) is 33.1 Å². The summed E-state index contributed by atoms with van der Waals surface area (Å²) in [5.41, 5.74) is 0. The molecule has 2 saturated heterocycles. The number of fused-ring (bicyclic) bond motifs is 2. The van der Waals surface area contributed by atoms with E-state index in [1.165, 1.54) is 0 Å². The van der Waals surface area contributed by atoms with E-state index in [2.05, 4.69) is 10.0 Å². The monoisotopic (exact) mass is 262 g/mol. The molecule has 0 saturated carbocycles. The topological polar surface area (TPSA) is 67.4 Å². The maximum Gasteiger partial charge on any atom is 0.215 e. The van der Waals surface area contributed by atoms with E-state index >= 15 is 0 Å². The van der Waals surface area contributed by atoms with E-state index < -0.39 is 15.3 Å². The number of hydrogen-bond acceptors (Lipinski definition) is 4. The summed E-state index contributed by atoms with van der Waals surface area (Å²) < 4.78 is 32.6. The predicted molar refractivity (Wildman–Crippen MR) is 66.4 cm³/mol. The number of hydrogen-bond donors (Lipinski definition) is 2. The highest BCUT2D eigenvalue weighted by atomic mass is 32.2. The first-order valence-electron chi connectivity index (χ1n) is 6.40. The fourth-order valence-corrected chi connectivity index (χ4v) is 3.79. The van der Waals surface area contributed by atoms with Crippen LogP contribution < -0.4 is 10.0 Å². The van der Waals surface area contributed by atoms with Gasteiger partial charge in [-0.1, -0.05) is 6.92 Å². The molecule has 2 heterocycles. The van der Waals surface area contributed by atoms with E-state index in [-0.39, 0.29) is 18.2 Å². The first-order valence-corrected chi connectivity index (χ1v) is 7.95. The molecule has 0 amide bonds. The highest BCUT2D eigenvalue weighted by molar-refractivity contribution is 7.90. The van der Waals surface area contributed by atoms with Crippen molar-refractivity contribution >= 4 is 10.0 Å². The van der Waals surface area contributed by atoms with Gasteiger partial charge in [-0.15, -0.1) is 0 Å². The molecule has 100 valence electrons. The van der Waals surface area contributed by atoms with E-state index in [0.717, 1.165) is 25.8 Å². The lowest BCUT2D eigenvalue weighted by Crippen LogP contribution is -2.47. The Morgan fingerprint density at radius 3 is 2.71 bits per heavy atom. The normalized spacial score (nSPS) is 34.1. The molecule has 6 heteroatoms. The standard InChI is InChI=1S/C11H22N2O3S/c1-3-12-7-8(2)17(14,15)13-10-6-9-4-5-11(10)16-9/h8-13H,3-7H2,1-2H3. The average molecular weight is 262 g/mol. The van der Waals surface area contributed by atoms with E-state index in [0.29, 0.717) is 6.54 Å². The van der Waals surface area contributed by atoms with Crippen molar-refractivity contribution in [2.45, 2.75) is 56.6 Å². The molecule has 2 N–H and O–H groups in total. The fraction of sp³-hybridized carbons (Fsp3) is 1.00. The highest BCUT2D eigenvalue weighted by Gasteiger charge is 2.42. The zero-order valence-electron chi connectivity index (χ0n) is 10.5. The van der Waals surface area contributed by atoms with Crippen LogP contribution in [0.2, 0.25) is 0 Å². The second-order valence-electron chi connectivity index (χ2n) is 5.00. The van der Waals surface area contributed by atoms with Gasteiger partial charge in [0.1, 0.15) is 0 Å². The van der Waals surface area contributed by atoms with Gasteiger partial charge < -0.3 is 10.1 Å². The van der Waals surface area contributed by atoms with Crippen LogP contribution in [-0.4, -0.2) is 45.0 Å². The van der Waals surface area contributed by atoms with E-state index in [4.69, 9.17) is 4.74 Å². The van der Waals surface area contributed by atoms with Gasteiger partial charge >= 0.3 is 0 Å². The third-order valence-corrected chi connectivity index (χ3v) is 5.49. The van der Waals surface area contributed by atoms with Gasteiger partial charge in [0.25, 0.3) is 0 Å². The summed E-state index contributed by atoms with van der Waals surface area (Å²) in [6, 6.07) is -0.0113. The minimum atomic E-state index is -3.23. The molecule has 2 aliphatic rings. The highest BCUT2D eigenvalue weighted by Crippen LogP contribution is 2.34. The Morgan fingerprint density at radius 2 is 2.18 bits per heavy atom. The van der Waals surface area contributed by atoms with Crippen molar-refractivity contribution in [3.05, 3.63) is 0 Å². The smallest absolute Gasteiger partial charge is 0.215 e. The van der Waals surface area contributed by atoms with Gasteiger partial charge in [-0.3, -0.25) is 0 Å². The molecule has 2 bridgehead atoms. The second-order valence-corrected chi connectivity index (χ2v) is 7.13. The van der Waals surface area contributed by atoms with Crippen LogP contribution in [0, 0.1) is 0 Å². The van der Waals surface area contributed by atoms with E-state index in [1.807, 2.05) is 6.92 Å². The van der Waals surface area contributed by atoms with Crippen molar-refractivity contribution in [2.75, 3.05) is 13.1 Å². The van der Waals surface area contributed by atoms with Crippen LogP contribution in [0.4, 0.5) is 0 Å². The molecule has 2 aliphatic heterocycles. The molecule has 0 aromatic rings. The Kier molecular flexibility index (Phi) is 4.07. The van der Waals surface area contributed by atoms with Crippen molar-refractivity contribution in [1.82, 2.24) is 10.0 Å². The molecule has 0 aromatic heterocycles. The fourth-order valence-electron chi connectivity index (χ4n) is 2.55. The van der Waals surface area contributed by atoms with Crippen molar-refractivity contribution in [2.24, 2.45) is 0 Å². The van der Waals surface area contributed by atoms with Crippen molar-refractivity contribution < 1.29 is 13.2 Å². The summed E-state index contributed by atoms with van der Waals surface area (Å²) in [7, 11) is -3.23. The molecule has 0 radical (unpaired) electrons. The van der Waals surface area contributed by atoms with Crippen LogP contribution in [0.5, 0.6) is 0 Å². The summed E-state index contributed by atoms with van der Waals surface area (Å²) in [6.45, 7) is 4.99. The predicted octanol–water partition coefficient (Wildman–Crippen LogP) is 0.224. The third kappa shape index (κ3) is 2.99. The molecule has 17 heavy (non-hydrogen) atoms. The molecule has 0 spiro atoms. The first kappa shape index (κ1) is 13.3. The Balaban J connectivity index is 1.88. The quantitative estimate of drug-likeness (QED) is 0.719. The molecular formula is C11H22N2O3S. The Hall–Kier alpha value is -0.170. The lowest BCUT2D eigenvalue weighted by molar-refractivity contribution is 0.0995. The zero-order valence-corrected chi connectivity index (χ0v) is 11.3. The Bertz CT molecular complexity index is 358. The summed E-state index contributed by atoms with van der Waals surface area (Å²) in [5.74, 6) is 0. The number of sulfonamides is 1. The summed E-state index contributed by atoms with van der Waals surface area (Å²) >= 11 is 0. The van der Waals surface area contributed by atoms with E-state index in [9.17, 15) is 8.42 Å². The molecule has 4 atom stereocenters. The summed E-state index contributed by atoms with van der Waals surface area (Å²) in [6.07, 6.45) is 3.27. The maximum absolute atomic E-state index is 12.1. The molecular weight excluding hydrogens is 240 g/mol. The molecule has 2 fully saturated rings. The van der Waals surface area contributed by atoms with Crippen LogP contribution in [-0.2, 0) is 14.8 Å². The van der Waals surface area contributed by atoms with Crippen molar-refractivity contribution in [1.29, 1.82) is 0 Å². The van der Waals surface area contributed by atoms with Crippen LogP contribution in [0.3, 0.4) is 0 Å². The lowest BCUT2D eigenvalue weighted by atomic mass is 9.96. The van der Waals surface area contributed by atoms with E-state index in [1.54, 1.807) is 6.92 Å². The minimum absolute atomic E-state index is 0.0113. The zero-order chi connectivity index (χ0) is 12.5. The SMILES string of the molecule is CCNCC(C)S(=O)(=O)NC1CC2CCC1O2. The van der Waals surface area contributed by atoms with Crippen molar-refractivity contribution in [3.8, 4) is 0 Å². The number of nitrogens with one attached hydrogen (secondary N) is 2. The summed E-state index contributed by atoms with van der Waals surface area (Å²) in [4.78, 5) is 0. The van der Waals surface area contributed by atoms with Crippen molar-refractivity contribution in [3.63, 3.8) is 0 Å². The first-order chi connectivity index (χ1) is 8.03. The van der Waals surface area contributed by atoms with Gasteiger partial charge in [-0.05, 0) is 32.7 Å². The van der Waals surface area contributed by atoms with Gasteiger partial charge in [-0.2, -0.15) is 0 Å². The molecule has 4 unspecified atom stereocenters. The van der Waals surface area contributed by atoms with Gasteiger partial charge in [-0.25, -0.2) is 13.1 Å². The largest absolute Gasteiger partial charge is 0.373 e. The van der Waals surface area contributed by atoms with Gasteiger partial charge in [0.05, 0.1) is 23.5 Å². The lowest BCUT2D eigenvalue weighted by Gasteiger charge is -2.22. The third-order valence-electron chi connectivity index (χ3n) is 3.63. The maximum atomic E-state index is 12.1. The molecule has 0 aliphatic carbocycles. The minimum Gasteiger partial charge on any atom is -0.373 e. The van der Waals surface area contributed by atoms with Gasteiger partial charge in [0, 0.05) is 6.54 Å². The van der Waals surface area contributed by atoms with Gasteiger partial charge in [0.15, 0.2) is 0 Å². The Labute approximate surface area is 103 Å². The average Bonchev–Trinajstić information content (AvgIpc) is 2.86. The Morgan fingerprint density at radius 1 is 1.41 bits per heavy atom.